The zero-order chi connectivity index (χ0) is 20.0. The predicted molar refractivity (Wildman–Crippen MR) is 100 cm³/mol. The van der Waals surface area contributed by atoms with Crippen molar-refractivity contribution in [2.45, 2.75) is 13.8 Å². The van der Waals surface area contributed by atoms with Gasteiger partial charge in [-0.05, 0) is 32.0 Å². The number of anilines is 2. The van der Waals surface area contributed by atoms with Crippen LogP contribution in [0.4, 0.5) is 11.4 Å². The molecule has 0 fully saturated rings. The van der Waals surface area contributed by atoms with E-state index in [-0.39, 0.29) is 23.7 Å². The van der Waals surface area contributed by atoms with E-state index in [0.29, 0.717) is 17.0 Å². The van der Waals surface area contributed by atoms with E-state index in [9.17, 15) is 18.0 Å². The molecule has 0 spiro atoms. The number of amides is 2. The Labute approximate surface area is 157 Å². The summed E-state index contributed by atoms with van der Waals surface area (Å²) < 4.78 is 36.0. The molecular formula is C17H21N3O6S. The largest absolute Gasteiger partial charge is 0.494 e. The minimum atomic E-state index is -3.46. The molecule has 27 heavy (non-hydrogen) atoms. The standard InChI is InChI=1S/C17H21N3O6S/c1-4-27(23,24)20-14-6-5-12(9-15(14)25-3)19-16(21)10-18-17(22)13-7-8-26-11(13)2/h5-9,20H,4,10H2,1-3H3,(H,18,22)(H,19,21). The average molecular weight is 395 g/mol. The van der Waals surface area contributed by atoms with Crippen LogP contribution < -0.4 is 20.1 Å². The molecule has 146 valence electrons. The van der Waals surface area contributed by atoms with E-state index in [0.717, 1.165) is 0 Å². The fourth-order valence-electron chi connectivity index (χ4n) is 2.17. The van der Waals surface area contributed by atoms with Crippen LogP contribution in [0, 0.1) is 6.92 Å². The molecule has 2 amide bonds. The minimum Gasteiger partial charge on any atom is -0.494 e. The first kappa shape index (κ1) is 20.3. The number of sulfonamides is 1. The summed E-state index contributed by atoms with van der Waals surface area (Å²) in [6.07, 6.45) is 1.39. The SMILES string of the molecule is CCS(=O)(=O)Nc1ccc(NC(=O)CNC(=O)c2ccoc2C)cc1OC. The Kier molecular flexibility index (Phi) is 6.45. The Hall–Kier alpha value is -3.01. The molecule has 10 heteroatoms. The number of carbonyl (C=O) groups is 2. The van der Waals surface area contributed by atoms with Crippen LogP contribution in [0.1, 0.15) is 23.0 Å². The van der Waals surface area contributed by atoms with E-state index in [4.69, 9.17) is 9.15 Å². The van der Waals surface area contributed by atoms with Crippen molar-refractivity contribution in [1.29, 1.82) is 0 Å². The highest BCUT2D eigenvalue weighted by molar-refractivity contribution is 7.92. The summed E-state index contributed by atoms with van der Waals surface area (Å²) in [6.45, 7) is 2.92. The molecule has 0 aliphatic rings. The van der Waals surface area contributed by atoms with Gasteiger partial charge in [-0.2, -0.15) is 0 Å². The third-order valence-electron chi connectivity index (χ3n) is 3.64. The molecule has 0 radical (unpaired) electrons. The van der Waals surface area contributed by atoms with E-state index >= 15 is 0 Å². The van der Waals surface area contributed by atoms with E-state index in [1.165, 1.54) is 44.6 Å². The van der Waals surface area contributed by atoms with Crippen LogP contribution in [0.5, 0.6) is 5.75 Å². The lowest BCUT2D eigenvalue weighted by molar-refractivity contribution is -0.115. The Morgan fingerprint density at radius 3 is 2.56 bits per heavy atom. The lowest BCUT2D eigenvalue weighted by atomic mass is 10.2. The van der Waals surface area contributed by atoms with Crippen LogP contribution in [0.15, 0.2) is 34.9 Å². The summed E-state index contributed by atoms with van der Waals surface area (Å²) >= 11 is 0. The second-order valence-electron chi connectivity index (χ2n) is 5.54. The normalized spacial score (nSPS) is 10.9. The molecule has 0 saturated heterocycles. The number of hydrogen-bond donors (Lipinski definition) is 3. The van der Waals surface area contributed by atoms with Gasteiger partial charge in [0.1, 0.15) is 11.5 Å². The van der Waals surface area contributed by atoms with Crippen molar-refractivity contribution in [3.8, 4) is 5.75 Å². The van der Waals surface area contributed by atoms with Gasteiger partial charge in [0.15, 0.2) is 0 Å². The molecule has 0 unspecified atom stereocenters. The maximum atomic E-state index is 12.0. The van der Waals surface area contributed by atoms with Crippen molar-refractivity contribution in [1.82, 2.24) is 5.32 Å². The topological polar surface area (TPSA) is 127 Å². The number of furan rings is 1. The van der Waals surface area contributed by atoms with Gasteiger partial charge in [-0.3, -0.25) is 14.3 Å². The number of nitrogens with one attached hydrogen (secondary N) is 3. The van der Waals surface area contributed by atoms with Gasteiger partial charge in [-0.25, -0.2) is 8.42 Å². The average Bonchev–Trinajstić information content (AvgIpc) is 3.06. The summed E-state index contributed by atoms with van der Waals surface area (Å²) in [4.78, 5) is 24.0. The maximum Gasteiger partial charge on any atom is 0.255 e. The Morgan fingerprint density at radius 2 is 1.96 bits per heavy atom. The van der Waals surface area contributed by atoms with Crippen molar-refractivity contribution in [2.75, 3.05) is 29.4 Å². The predicted octanol–water partition coefficient (Wildman–Crippen LogP) is 1.73. The summed E-state index contributed by atoms with van der Waals surface area (Å²) in [5, 5.41) is 5.09. The first-order chi connectivity index (χ1) is 12.8. The van der Waals surface area contributed by atoms with Gasteiger partial charge in [0.25, 0.3) is 5.91 Å². The molecule has 0 saturated carbocycles. The van der Waals surface area contributed by atoms with Crippen LogP contribution in [0.25, 0.3) is 0 Å². The fourth-order valence-corrected chi connectivity index (χ4v) is 2.82. The zero-order valence-electron chi connectivity index (χ0n) is 15.2. The third kappa shape index (κ3) is 5.48. The molecule has 0 aliphatic carbocycles. The van der Waals surface area contributed by atoms with Crippen LogP contribution in [-0.2, 0) is 14.8 Å². The van der Waals surface area contributed by atoms with E-state index in [2.05, 4.69) is 15.4 Å². The molecule has 0 aliphatic heterocycles. The Balaban J connectivity index is 1.99. The van der Waals surface area contributed by atoms with Crippen molar-refractivity contribution in [2.24, 2.45) is 0 Å². The van der Waals surface area contributed by atoms with E-state index in [1.54, 1.807) is 6.92 Å². The number of hydrogen-bond acceptors (Lipinski definition) is 6. The molecule has 2 aromatic rings. The summed E-state index contributed by atoms with van der Waals surface area (Å²) in [6, 6.07) is 6.00. The molecule has 2 rings (SSSR count). The molecule has 0 atom stereocenters. The molecule has 9 nitrogen and oxygen atoms in total. The number of aryl methyl sites for hydroxylation is 1. The highest BCUT2D eigenvalue weighted by Crippen LogP contribution is 2.28. The summed E-state index contributed by atoms with van der Waals surface area (Å²) in [5.74, 6) is -0.234. The highest BCUT2D eigenvalue weighted by Gasteiger charge is 2.14. The molecule has 0 bridgehead atoms. The monoisotopic (exact) mass is 395 g/mol. The van der Waals surface area contributed by atoms with Gasteiger partial charge in [-0.15, -0.1) is 0 Å². The van der Waals surface area contributed by atoms with Crippen LogP contribution >= 0.6 is 0 Å². The van der Waals surface area contributed by atoms with Gasteiger partial charge in [0.2, 0.25) is 15.9 Å². The minimum absolute atomic E-state index is 0.0789. The van der Waals surface area contributed by atoms with Crippen molar-refractivity contribution < 1.29 is 27.2 Å². The number of methoxy groups -OCH3 is 1. The van der Waals surface area contributed by atoms with Crippen molar-refractivity contribution >= 4 is 33.2 Å². The van der Waals surface area contributed by atoms with Gasteiger partial charge in [-0.1, -0.05) is 0 Å². The van der Waals surface area contributed by atoms with Gasteiger partial charge in [0.05, 0.1) is 36.9 Å². The van der Waals surface area contributed by atoms with Gasteiger partial charge in [0, 0.05) is 11.8 Å². The number of ether oxygens (including phenoxy) is 1. The zero-order valence-corrected chi connectivity index (χ0v) is 16.0. The molecule has 3 N–H and O–H groups in total. The quantitative estimate of drug-likeness (QED) is 0.625. The van der Waals surface area contributed by atoms with E-state index in [1.807, 2.05) is 0 Å². The highest BCUT2D eigenvalue weighted by atomic mass is 32.2. The van der Waals surface area contributed by atoms with Crippen LogP contribution in [-0.4, -0.2) is 39.6 Å². The van der Waals surface area contributed by atoms with Crippen molar-refractivity contribution in [3.05, 3.63) is 41.9 Å². The van der Waals surface area contributed by atoms with Crippen molar-refractivity contribution in [3.63, 3.8) is 0 Å². The Bertz CT molecular complexity index is 936. The lowest BCUT2D eigenvalue weighted by Gasteiger charge is -2.13. The second-order valence-corrected chi connectivity index (χ2v) is 7.55. The Morgan fingerprint density at radius 1 is 1.22 bits per heavy atom. The number of rotatable bonds is 8. The smallest absolute Gasteiger partial charge is 0.255 e. The van der Waals surface area contributed by atoms with Gasteiger partial charge < -0.3 is 19.8 Å². The number of carbonyl (C=O) groups excluding carboxylic acids is 2. The summed E-state index contributed by atoms with van der Waals surface area (Å²) in [7, 11) is -2.07. The van der Waals surface area contributed by atoms with E-state index < -0.39 is 21.8 Å². The molecular weight excluding hydrogens is 374 g/mol. The maximum absolute atomic E-state index is 12.0. The van der Waals surface area contributed by atoms with Gasteiger partial charge >= 0.3 is 0 Å². The lowest BCUT2D eigenvalue weighted by Crippen LogP contribution is -2.32. The van der Waals surface area contributed by atoms with Crippen LogP contribution in [0.3, 0.4) is 0 Å². The molecule has 1 aromatic heterocycles. The number of benzene rings is 1. The second kappa shape index (κ2) is 8.58. The summed E-state index contributed by atoms with van der Waals surface area (Å²) in [5.41, 5.74) is 1.02. The molecule has 1 heterocycles. The van der Waals surface area contributed by atoms with Crippen LogP contribution in [0.2, 0.25) is 0 Å². The fraction of sp³-hybridized carbons (Fsp3) is 0.294. The first-order valence-electron chi connectivity index (χ1n) is 8.06. The molecule has 1 aromatic carbocycles. The first-order valence-corrected chi connectivity index (χ1v) is 9.71. The third-order valence-corrected chi connectivity index (χ3v) is 4.93.